The van der Waals surface area contributed by atoms with Crippen LogP contribution >= 0.6 is 0 Å². The summed E-state index contributed by atoms with van der Waals surface area (Å²) in [6.07, 6.45) is 5.43. The molecule has 1 aliphatic heterocycles. The molecule has 9 heteroatoms. The maximum Gasteiger partial charge on any atom is 0.267 e. The molecule has 4 aromatic rings. The number of fused-ring (bicyclic) bond motifs is 2. The highest BCUT2D eigenvalue weighted by Gasteiger charge is 2.34. The van der Waals surface area contributed by atoms with Gasteiger partial charge >= 0.3 is 0 Å². The van der Waals surface area contributed by atoms with Crippen molar-refractivity contribution >= 4 is 22.4 Å². The van der Waals surface area contributed by atoms with Gasteiger partial charge in [-0.15, -0.1) is 0 Å². The van der Waals surface area contributed by atoms with Gasteiger partial charge in [-0.25, -0.2) is 14.2 Å². The van der Waals surface area contributed by atoms with Crippen molar-refractivity contribution in [2.75, 3.05) is 18.0 Å². The minimum atomic E-state index is -0.101. The molecular formula is C25H28N8O. The minimum Gasteiger partial charge on any atom is -0.363 e. The molecule has 0 aliphatic carbocycles. The molecule has 0 bridgehead atoms. The van der Waals surface area contributed by atoms with Gasteiger partial charge in [0.15, 0.2) is 5.65 Å². The Bertz CT molecular complexity index is 1470. The molecule has 0 amide bonds. The van der Waals surface area contributed by atoms with Gasteiger partial charge in [0.05, 0.1) is 41.1 Å². The van der Waals surface area contributed by atoms with Crippen molar-refractivity contribution in [2.24, 2.45) is 7.05 Å². The molecule has 1 unspecified atom stereocenters. The van der Waals surface area contributed by atoms with Gasteiger partial charge in [-0.3, -0.25) is 19.7 Å². The van der Waals surface area contributed by atoms with E-state index in [2.05, 4.69) is 63.7 Å². The number of nitriles is 1. The molecule has 1 saturated heterocycles. The number of rotatable bonds is 4. The largest absolute Gasteiger partial charge is 0.363 e. The van der Waals surface area contributed by atoms with Gasteiger partial charge in [0.1, 0.15) is 0 Å². The first-order chi connectivity index (χ1) is 16.4. The first-order valence-corrected chi connectivity index (χ1v) is 11.6. The Hall–Kier alpha value is -3.77. The minimum absolute atomic E-state index is 0.101. The van der Waals surface area contributed by atoms with E-state index in [0.29, 0.717) is 11.3 Å². The number of hydrogen-bond acceptors (Lipinski definition) is 7. The highest BCUT2D eigenvalue weighted by molar-refractivity contribution is 5.74. The van der Waals surface area contributed by atoms with E-state index in [1.54, 1.807) is 36.2 Å². The number of imidazole rings is 1. The highest BCUT2D eigenvalue weighted by atomic mass is 16.1. The summed E-state index contributed by atoms with van der Waals surface area (Å²) in [5, 5.41) is 9.11. The molecule has 0 spiro atoms. The van der Waals surface area contributed by atoms with Crippen LogP contribution in [-0.4, -0.2) is 54.2 Å². The van der Waals surface area contributed by atoms with Gasteiger partial charge in [-0.05, 0) is 38.5 Å². The molecule has 1 fully saturated rings. The highest BCUT2D eigenvalue weighted by Crippen LogP contribution is 2.31. The molecule has 0 saturated carbocycles. The van der Waals surface area contributed by atoms with Crippen molar-refractivity contribution in [1.29, 1.82) is 5.26 Å². The van der Waals surface area contributed by atoms with Crippen LogP contribution in [0, 0.1) is 11.3 Å². The van der Waals surface area contributed by atoms with E-state index >= 15 is 0 Å². The molecule has 4 heterocycles. The molecule has 9 nitrogen and oxygen atoms in total. The predicted octanol–water partition coefficient (Wildman–Crippen LogP) is 2.70. The van der Waals surface area contributed by atoms with Crippen LogP contribution < -0.4 is 10.5 Å². The normalized spacial score (nSPS) is 20.0. The molecule has 3 aromatic heterocycles. The maximum atomic E-state index is 12.7. The Kier molecular flexibility index (Phi) is 5.54. The molecule has 0 radical (unpaired) electrons. The predicted molar refractivity (Wildman–Crippen MR) is 131 cm³/mol. The SMILES string of the molecule is CC(c1ccc2nccnc2c1)N1C[C@H](C)N(c2cc(=O)n(C)n3cc(CC#N)nc23)C[C@H]1C. The molecule has 1 aromatic carbocycles. The van der Waals surface area contributed by atoms with Crippen molar-refractivity contribution in [3.63, 3.8) is 0 Å². The standard InChI is InChI=1S/C25H28N8O/c1-16-14-32(23-12-24(34)30(4)33-15-20(7-8-26)29-25(23)33)17(2)13-31(16)18(3)19-5-6-21-22(11-19)28-10-9-27-21/h5-6,9-12,15-18H,7,13-14H2,1-4H3/t16-,17+,18?/m1/s1. The van der Waals surface area contributed by atoms with E-state index < -0.39 is 0 Å². The summed E-state index contributed by atoms with van der Waals surface area (Å²) >= 11 is 0. The fourth-order valence-corrected chi connectivity index (χ4v) is 5.04. The summed E-state index contributed by atoms with van der Waals surface area (Å²) in [4.78, 5) is 31.0. The number of nitrogens with zero attached hydrogens (tertiary/aromatic N) is 8. The Morgan fingerprint density at radius 2 is 1.88 bits per heavy atom. The summed E-state index contributed by atoms with van der Waals surface area (Å²) in [5.74, 6) is 0. The molecule has 0 N–H and O–H groups in total. The fourth-order valence-electron chi connectivity index (χ4n) is 5.04. The van der Waals surface area contributed by atoms with Gasteiger partial charge < -0.3 is 4.90 Å². The van der Waals surface area contributed by atoms with Gasteiger partial charge in [0.2, 0.25) is 0 Å². The summed E-state index contributed by atoms with van der Waals surface area (Å²) in [6.45, 7) is 8.25. The van der Waals surface area contributed by atoms with Crippen LogP contribution in [0.2, 0.25) is 0 Å². The summed E-state index contributed by atoms with van der Waals surface area (Å²) < 4.78 is 3.29. The third-order valence-corrected chi connectivity index (χ3v) is 6.95. The zero-order valence-corrected chi connectivity index (χ0v) is 19.9. The van der Waals surface area contributed by atoms with E-state index in [1.165, 1.54) is 10.2 Å². The van der Waals surface area contributed by atoms with Crippen LogP contribution in [0.3, 0.4) is 0 Å². The quantitative estimate of drug-likeness (QED) is 0.466. The Morgan fingerprint density at radius 3 is 2.65 bits per heavy atom. The smallest absolute Gasteiger partial charge is 0.267 e. The number of anilines is 1. The van der Waals surface area contributed by atoms with Crippen LogP contribution in [0.4, 0.5) is 5.69 Å². The average Bonchev–Trinajstić information content (AvgIpc) is 3.26. The lowest BCUT2D eigenvalue weighted by Gasteiger charge is -2.47. The molecule has 34 heavy (non-hydrogen) atoms. The topological polar surface area (TPSA) is 95.4 Å². The van der Waals surface area contributed by atoms with Gasteiger partial charge in [0.25, 0.3) is 5.56 Å². The number of hydrogen-bond donors (Lipinski definition) is 0. The lowest BCUT2D eigenvalue weighted by molar-refractivity contribution is 0.119. The fraction of sp³-hybridized carbons (Fsp3) is 0.400. The molecule has 174 valence electrons. The van der Waals surface area contributed by atoms with E-state index in [9.17, 15) is 4.79 Å². The molecule has 1 aliphatic rings. The van der Waals surface area contributed by atoms with Crippen LogP contribution in [-0.2, 0) is 13.5 Å². The summed E-state index contributed by atoms with van der Waals surface area (Å²) in [7, 11) is 1.72. The second kappa shape index (κ2) is 8.54. The second-order valence-electron chi connectivity index (χ2n) is 9.15. The number of aromatic nitrogens is 5. The average molecular weight is 457 g/mol. The first-order valence-electron chi connectivity index (χ1n) is 11.6. The van der Waals surface area contributed by atoms with E-state index in [0.717, 1.165) is 29.8 Å². The zero-order chi connectivity index (χ0) is 24.0. The molecule has 3 atom stereocenters. The Balaban J connectivity index is 1.45. The van der Waals surface area contributed by atoms with Crippen molar-refractivity contribution in [3.8, 4) is 6.07 Å². The van der Waals surface area contributed by atoms with E-state index in [4.69, 9.17) is 5.26 Å². The van der Waals surface area contributed by atoms with Crippen LogP contribution in [0.15, 0.2) is 47.7 Å². The van der Waals surface area contributed by atoms with E-state index in [-0.39, 0.29) is 30.1 Å². The Labute approximate surface area is 197 Å². The van der Waals surface area contributed by atoms with Crippen molar-refractivity contribution in [3.05, 3.63) is 64.5 Å². The molecule has 5 rings (SSSR count). The third kappa shape index (κ3) is 3.70. The second-order valence-corrected chi connectivity index (χ2v) is 9.15. The lowest BCUT2D eigenvalue weighted by atomic mass is 10.00. The van der Waals surface area contributed by atoms with Gasteiger partial charge in [-0.2, -0.15) is 5.26 Å². The molecular weight excluding hydrogens is 428 g/mol. The third-order valence-electron chi connectivity index (χ3n) is 6.95. The number of piperazine rings is 1. The summed E-state index contributed by atoms with van der Waals surface area (Å²) in [5.41, 5.74) is 5.11. The Morgan fingerprint density at radius 1 is 1.12 bits per heavy atom. The van der Waals surface area contributed by atoms with Gasteiger partial charge in [-0.1, -0.05) is 6.07 Å². The maximum absolute atomic E-state index is 12.7. The number of aryl methyl sites for hydroxylation is 1. The van der Waals surface area contributed by atoms with E-state index in [1.807, 2.05) is 6.07 Å². The van der Waals surface area contributed by atoms with Crippen LogP contribution in [0.1, 0.15) is 38.1 Å². The van der Waals surface area contributed by atoms with Crippen molar-refractivity contribution < 1.29 is 0 Å². The number of benzene rings is 1. The van der Waals surface area contributed by atoms with Gasteiger partial charge in [0, 0.05) is 56.7 Å². The van der Waals surface area contributed by atoms with Crippen LogP contribution in [0.25, 0.3) is 16.7 Å². The summed E-state index contributed by atoms with van der Waals surface area (Å²) in [6, 6.07) is 10.7. The van der Waals surface area contributed by atoms with Crippen molar-refractivity contribution in [2.45, 2.75) is 45.3 Å². The lowest BCUT2D eigenvalue weighted by Crippen LogP contribution is -2.57. The monoisotopic (exact) mass is 456 g/mol. The first kappa shape index (κ1) is 22.0. The zero-order valence-electron chi connectivity index (χ0n) is 19.9. The van der Waals surface area contributed by atoms with Crippen molar-refractivity contribution in [1.82, 2.24) is 29.0 Å². The van der Waals surface area contributed by atoms with Crippen LogP contribution in [0.5, 0.6) is 0 Å².